The van der Waals surface area contributed by atoms with Gasteiger partial charge in [0.2, 0.25) is 0 Å². The van der Waals surface area contributed by atoms with Gasteiger partial charge in [-0.2, -0.15) is 0 Å². The monoisotopic (exact) mass is 280 g/mol. The summed E-state index contributed by atoms with van der Waals surface area (Å²) in [5, 5.41) is 0.581. The van der Waals surface area contributed by atoms with Crippen LogP contribution in [0.3, 0.4) is 0 Å². The van der Waals surface area contributed by atoms with Crippen LogP contribution in [-0.2, 0) is 0 Å². The Bertz CT molecular complexity index is 860. The summed E-state index contributed by atoms with van der Waals surface area (Å²) in [5.41, 5.74) is 1.31. The first-order valence-corrected chi connectivity index (χ1v) is 6.45. The second-order valence-electron chi connectivity index (χ2n) is 4.68. The Labute approximate surface area is 120 Å². The number of aryl methyl sites for hydroxylation is 1. The van der Waals surface area contributed by atoms with E-state index in [4.69, 9.17) is 9.15 Å². The van der Waals surface area contributed by atoms with E-state index in [0.29, 0.717) is 16.5 Å². The average molecular weight is 280 g/mol. The van der Waals surface area contributed by atoms with Crippen LogP contribution in [0.25, 0.3) is 11.0 Å². The molecule has 0 fully saturated rings. The summed E-state index contributed by atoms with van der Waals surface area (Å²) in [4.78, 5) is 23.6. The van der Waals surface area contributed by atoms with Crippen molar-refractivity contribution in [2.75, 3.05) is 0 Å². The lowest BCUT2D eigenvalue weighted by Gasteiger charge is -2.06. The maximum Gasteiger partial charge on any atom is 0.343 e. The summed E-state index contributed by atoms with van der Waals surface area (Å²) in [6.45, 7) is 1.94. The molecule has 104 valence electrons. The molecule has 0 aliphatic heterocycles. The number of fused-ring (bicyclic) bond motifs is 1. The van der Waals surface area contributed by atoms with Crippen LogP contribution in [0.2, 0.25) is 0 Å². The van der Waals surface area contributed by atoms with Crippen LogP contribution in [-0.4, -0.2) is 5.97 Å². The number of hydrogen-bond donors (Lipinski definition) is 0. The largest absolute Gasteiger partial charge is 0.422 e. The van der Waals surface area contributed by atoms with E-state index >= 15 is 0 Å². The molecule has 3 rings (SSSR count). The van der Waals surface area contributed by atoms with Gasteiger partial charge >= 0.3 is 11.6 Å². The fraction of sp³-hybridized carbons (Fsp3) is 0.0588. The Balaban J connectivity index is 2.00. The SMILES string of the molecule is Cc1ccc(C(=O)Oc2cc(=O)oc3ccccc23)cc1. The van der Waals surface area contributed by atoms with Gasteiger partial charge in [-0.1, -0.05) is 29.8 Å². The molecule has 0 saturated carbocycles. The molecule has 21 heavy (non-hydrogen) atoms. The zero-order chi connectivity index (χ0) is 14.8. The normalized spacial score (nSPS) is 10.5. The number of benzene rings is 2. The maximum absolute atomic E-state index is 12.1. The van der Waals surface area contributed by atoms with Crippen LogP contribution in [0, 0.1) is 6.92 Å². The van der Waals surface area contributed by atoms with Gasteiger partial charge in [-0.25, -0.2) is 9.59 Å². The van der Waals surface area contributed by atoms with Crippen LogP contribution in [0.15, 0.2) is 63.8 Å². The van der Waals surface area contributed by atoms with Crippen molar-refractivity contribution >= 4 is 16.9 Å². The van der Waals surface area contributed by atoms with Gasteiger partial charge in [0.1, 0.15) is 11.3 Å². The molecule has 0 amide bonds. The molecule has 0 N–H and O–H groups in total. The van der Waals surface area contributed by atoms with Gasteiger partial charge in [-0.3, -0.25) is 0 Å². The fourth-order valence-corrected chi connectivity index (χ4v) is 2.01. The average Bonchev–Trinajstić information content (AvgIpc) is 2.47. The highest BCUT2D eigenvalue weighted by atomic mass is 16.5. The Morgan fingerprint density at radius 2 is 1.76 bits per heavy atom. The molecule has 4 nitrogen and oxygen atoms in total. The van der Waals surface area contributed by atoms with Gasteiger partial charge in [-0.15, -0.1) is 0 Å². The number of ether oxygens (including phenoxy) is 1. The van der Waals surface area contributed by atoms with Gasteiger partial charge in [-0.05, 0) is 31.2 Å². The Hall–Kier alpha value is -2.88. The summed E-state index contributed by atoms with van der Waals surface area (Å²) in [6, 6.07) is 15.1. The second-order valence-corrected chi connectivity index (χ2v) is 4.68. The van der Waals surface area contributed by atoms with Crippen molar-refractivity contribution in [1.29, 1.82) is 0 Å². The van der Waals surface area contributed by atoms with Crippen molar-refractivity contribution < 1.29 is 13.9 Å². The molecule has 1 heterocycles. The quantitative estimate of drug-likeness (QED) is 0.533. The molecular weight excluding hydrogens is 268 g/mol. The zero-order valence-corrected chi connectivity index (χ0v) is 11.3. The molecule has 0 aliphatic rings. The Morgan fingerprint density at radius 3 is 2.52 bits per heavy atom. The topological polar surface area (TPSA) is 56.5 Å². The summed E-state index contributed by atoms with van der Waals surface area (Å²) in [5.74, 6) is -0.307. The third kappa shape index (κ3) is 2.69. The zero-order valence-electron chi connectivity index (χ0n) is 11.3. The van der Waals surface area contributed by atoms with Crippen molar-refractivity contribution in [3.05, 3.63) is 76.1 Å². The number of carbonyl (C=O) groups is 1. The lowest BCUT2D eigenvalue weighted by Crippen LogP contribution is -2.10. The molecule has 1 aromatic heterocycles. The highest BCUT2D eigenvalue weighted by Crippen LogP contribution is 2.24. The summed E-state index contributed by atoms with van der Waals surface area (Å²) < 4.78 is 10.4. The van der Waals surface area contributed by atoms with E-state index in [1.54, 1.807) is 36.4 Å². The van der Waals surface area contributed by atoms with Crippen LogP contribution in [0.4, 0.5) is 0 Å². The standard InChI is InChI=1S/C17H12O4/c1-11-6-8-12(9-7-11)17(19)21-15-10-16(18)20-14-5-3-2-4-13(14)15/h2-10H,1H3. The van der Waals surface area contributed by atoms with Crippen LogP contribution in [0.5, 0.6) is 5.75 Å². The van der Waals surface area contributed by atoms with Crippen LogP contribution < -0.4 is 10.4 Å². The maximum atomic E-state index is 12.1. The van der Waals surface area contributed by atoms with E-state index in [0.717, 1.165) is 5.56 Å². The number of esters is 1. The van der Waals surface area contributed by atoms with Crippen molar-refractivity contribution in [2.24, 2.45) is 0 Å². The second kappa shape index (κ2) is 5.25. The van der Waals surface area contributed by atoms with Gasteiger partial charge in [0.15, 0.2) is 0 Å². The Kier molecular flexibility index (Phi) is 3.28. The number of rotatable bonds is 2. The number of para-hydroxylation sites is 1. The number of hydrogen-bond acceptors (Lipinski definition) is 4. The summed E-state index contributed by atoms with van der Waals surface area (Å²) in [7, 11) is 0. The minimum Gasteiger partial charge on any atom is -0.422 e. The van der Waals surface area contributed by atoms with E-state index in [-0.39, 0.29) is 5.75 Å². The summed E-state index contributed by atoms with van der Waals surface area (Å²) >= 11 is 0. The molecule has 0 saturated heterocycles. The van der Waals surface area contributed by atoms with Crippen molar-refractivity contribution in [3.63, 3.8) is 0 Å². The highest BCUT2D eigenvalue weighted by Gasteiger charge is 2.12. The molecular formula is C17H12O4. The molecule has 0 aliphatic carbocycles. The molecule has 0 atom stereocenters. The first kappa shape index (κ1) is 13.1. The Morgan fingerprint density at radius 1 is 1.05 bits per heavy atom. The van der Waals surface area contributed by atoms with E-state index in [1.165, 1.54) is 6.07 Å². The van der Waals surface area contributed by atoms with Crippen molar-refractivity contribution in [3.8, 4) is 5.75 Å². The minimum atomic E-state index is -0.555. The smallest absolute Gasteiger partial charge is 0.343 e. The van der Waals surface area contributed by atoms with Crippen molar-refractivity contribution in [2.45, 2.75) is 6.92 Å². The molecule has 0 bridgehead atoms. The minimum absolute atomic E-state index is 0.201. The molecule has 4 heteroatoms. The van der Waals surface area contributed by atoms with Crippen LogP contribution >= 0.6 is 0 Å². The van der Waals surface area contributed by atoms with Gasteiger partial charge in [0, 0.05) is 0 Å². The third-order valence-electron chi connectivity index (χ3n) is 3.10. The summed E-state index contributed by atoms with van der Waals surface area (Å²) in [6.07, 6.45) is 0. The van der Waals surface area contributed by atoms with E-state index < -0.39 is 11.6 Å². The molecule has 0 spiro atoms. The van der Waals surface area contributed by atoms with Gasteiger partial charge in [0.25, 0.3) is 0 Å². The first-order chi connectivity index (χ1) is 10.1. The predicted octanol–water partition coefficient (Wildman–Crippen LogP) is 3.32. The predicted molar refractivity (Wildman–Crippen MR) is 78.6 cm³/mol. The molecule has 0 radical (unpaired) electrons. The fourth-order valence-electron chi connectivity index (χ4n) is 2.01. The van der Waals surface area contributed by atoms with Crippen molar-refractivity contribution in [1.82, 2.24) is 0 Å². The number of carbonyl (C=O) groups excluding carboxylic acids is 1. The van der Waals surface area contributed by atoms with Gasteiger partial charge < -0.3 is 9.15 Å². The first-order valence-electron chi connectivity index (χ1n) is 6.45. The lowest BCUT2D eigenvalue weighted by molar-refractivity contribution is 0.0736. The van der Waals surface area contributed by atoms with E-state index in [1.807, 2.05) is 19.1 Å². The van der Waals surface area contributed by atoms with Crippen LogP contribution in [0.1, 0.15) is 15.9 Å². The third-order valence-corrected chi connectivity index (χ3v) is 3.10. The van der Waals surface area contributed by atoms with E-state index in [9.17, 15) is 9.59 Å². The molecule has 2 aromatic carbocycles. The lowest BCUT2D eigenvalue weighted by atomic mass is 10.1. The highest BCUT2D eigenvalue weighted by molar-refractivity contribution is 5.94. The van der Waals surface area contributed by atoms with Gasteiger partial charge in [0.05, 0.1) is 17.0 Å². The van der Waals surface area contributed by atoms with E-state index in [2.05, 4.69) is 0 Å². The molecule has 3 aromatic rings. The molecule has 0 unspecified atom stereocenters.